The Kier molecular flexibility index (Phi) is 2.23. The number of quaternary nitrogens is 1. The molecule has 3 heteroatoms. The Balaban J connectivity index is 3.03. The van der Waals surface area contributed by atoms with Crippen LogP contribution < -0.4 is 5.73 Å². The summed E-state index contributed by atoms with van der Waals surface area (Å²) in [5.74, 6) is -0.337. The van der Waals surface area contributed by atoms with Crippen LogP contribution in [0.15, 0.2) is 24.3 Å². The summed E-state index contributed by atoms with van der Waals surface area (Å²) in [5.41, 5.74) is 4.91. The minimum atomic E-state index is -0.337. The Morgan fingerprint density at radius 2 is 2.09 bits per heavy atom. The lowest BCUT2D eigenvalue weighted by Gasteiger charge is -1.97. The number of ether oxygens (including phenoxy) is 1. The molecule has 0 aliphatic carbocycles. The summed E-state index contributed by atoms with van der Waals surface area (Å²) in [5, 5.41) is 0. The molecular weight excluding hydrogens is 142 g/mol. The van der Waals surface area contributed by atoms with Gasteiger partial charge in [0.1, 0.15) is 11.3 Å². The normalized spacial score (nSPS) is 9.27. The molecule has 1 aromatic carbocycles. The second kappa shape index (κ2) is 3.16. The van der Waals surface area contributed by atoms with Crippen molar-refractivity contribution in [2.24, 2.45) is 0 Å². The number of methoxy groups -OCH3 is 1. The van der Waals surface area contributed by atoms with Gasteiger partial charge < -0.3 is 10.5 Å². The van der Waals surface area contributed by atoms with Gasteiger partial charge in [-0.1, -0.05) is 12.1 Å². The summed E-state index contributed by atoms with van der Waals surface area (Å²) in [6.07, 6.45) is 0. The molecule has 3 N–H and O–H groups in total. The predicted octanol–water partition coefficient (Wildman–Crippen LogP) is 0.347. The highest BCUT2D eigenvalue weighted by Gasteiger charge is 2.09. The molecule has 1 aromatic rings. The van der Waals surface area contributed by atoms with Gasteiger partial charge in [-0.3, -0.25) is 0 Å². The van der Waals surface area contributed by atoms with Crippen molar-refractivity contribution in [2.75, 3.05) is 7.11 Å². The molecular formula is C8H10NO2+. The van der Waals surface area contributed by atoms with Gasteiger partial charge in [-0.15, -0.1) is 0 Å². The van der Waals surface area contributed by atoms with Gasteiger partial charge in [0, 0.05) is 0 Å². The van der Waals surface area contributed by atoms with E-state index in [1.807, 2.05) is 6.07 Å². The Hall–Kier alpha value is -1.35. The predicted molar refractivity (Wildman–Crippen MR) is 40.3 cm³/mol. The van der Waals surface area contributed by atoms with E-state index in [9.17, 15) is 4.79 Å². The van der Waals surface area contributed by atoms with Crippen molar-refractivity contribution in [2.45, 2.75) is 0 Å². The van der Waals surface area contributed by atoms with E-state index in [1.165, 1.54) is 7.11 Å². The lowest BCUT2D eigenvalue weighted by molar-refractivity contribution is -0.255. The lowest BCUT2D eigenvalue weighted by atomic mass is 10.2. The van der Waals surface area contributed by atoms with Crippen molar-refractivity contribution in [1.82, 2.24) is 0 Å². The van der Waals surface area contributed by atoms with E-state index in [-0.39, 0.29) is 5.97 Å². The zero-order chi connectivity index (χ0) is 8.27. The van der Waals surface area contributed by atoms with Gasteiger partial charge in [-0.25, -0.2) is 4.79 Å². The van der Waals surface area contributed by atoms with Gasteiger partial charge in [0.15, 0.2) is 0 Å². The molecule has 3 nitrogen and oxygen atoms in total. The van der Waals surface area contributed by atoms with E-state index in [2.05, 4.69) is 10.5 Å². The van der Waals surface area contributed by atoms with E-state index >= 15 is 0 Å². The molecule has 1 rings (SSSR count). The van der Waals surface area contributed by atoms with Gasteiger partial charge >= 0.3 is 5.97 Å². The number of carbonyl (C=O) groups excluding carboxylic acids is 1. The zero-order valence-electron chi connectivity index (χ0n) is 6.33. The highest BCUT2D eigenvalue weighted by atomic mass is 16.5. The van der Waals surface area contributed by atoms with Crippen LogP contribution in [-0.2, 0) is 4.74 Å². The molecule has 0 heterocycles. The Morgan fingerprint density at radius 1 is 1.45 bits per heavy atom. The van der Waals surface area contributed by atoms with Crippen LogP contribution >= 0.6 is 0 Å². The molecule has 0 atom stereocenters. The first-order valence-electron chi connectivity index (χ1n) is 3.25. The van der Waals surface area contributed by atoms with Crippen molar-refractivity contribution in [1.29, 1.82) is 0 Å². The number of carbonyl (C=O) groups is 1. The van der Waals surface area contributed by atoms with Gasteiger partial charge in [0.25, 0.3) is 0 Å². The quantitative estimate of drug-likeness (QED) is 0.590. The third-order valence-corrected chi connectivity index (χ3v) is 1.42. The molecule has 0 spiro atoms. The highest BCUT2D eigenvalue weighted by molar-refractivity contribution is 5.93. The Morgan fingerprint density at radius 3 is 2.64 bits per heavy atom. The van der Waals surface area contributed by atoms with E-state index in [0.717, 1.165) is 0 Å². The molecule has 0 amide bonds. The first-order chi connectivity index (χ1) is 5.25. The molecule has 0 saturated carbocycles. The van der Waals surface area contributed by atoms with Crippen LogP contribution in [0.3, 0.4) is 0 Å². The maximum absolute atomic E-state index is 11.0. The van der Waals surface area contributed by atoms with E-state index in [0.29, 0.717) is 11.3 Å². The molecule has 0 saturated heterocycles. The minimum absolute atomic E-state index is 0.337. The summed E-state index contributed by atoms with van der Waals surface area (Å²) in [6, 6.07) is 7.07. The molecule has 0 fully saturated rings. The lowest BCUT2D eigenvalue weighted by Crippen LogP contribution is -2.42. The number of benzene rings is 1. The molecule has 0 bridgehead atoms. The summed E-state index contributed by atoms with van der Waals surface area (Å²) in [4.78, 5) is 11.0. The van der Waals surface area contributed by atoms with Crippen LogP contribution in [0.25, 0.3) is 0 Å². The average Bonchev–Trinajstić information content (AvgIpc) is 2.04. The third-order valence-electron chi connectivity index (χ3n) is 1.42. The van der Waals surface area contributed by atoms with Gasteiger partial charge in [0.2, 0.25) is 0 Å². The molecule has 11 heavy (non-hydrogen) atoms. The molecule has 0 aliphatic heterocycles. The standard InChI is InChI=1S/C8H9NO2/c1-11-8(10)6-4-2-3-5-7(6)9/h2-5H,9H2,1H3/p+1. The fraction of sp³-hybridized carbons (Fsp3) is 0.125. The van der Waals surface area contributed by atoms with Crippen molar-refractivity contribution < 1.29 is 15.3 Å². The molecule has 0 radical (unpaired) electrons. The summed E-state index contributed by atoms with van der Waals surface area (Å²) < 4.78 is 4.54. The average molecular weight is 152 g/mol. The van der Waals surface area contributed by atoms with Crippen LogP contribution in [0.1, 0.15) is 10.4 Å². The smallest absolute Gasteiger partial charge is 0.343 e. The summed E-state index contributed by atoms with van der Waals surface area (Å²) in [7, 11) is 1.36. The zero-order valence-corrected chi connectivity index (χ0v) is 6.33. The van der Waals surface area contributed by atoms with Gasteiger partial charge in [-0.05, 0) is 12.1 Å². The van der Waals surface area contributed by atoms with Crippen LogP contribution in [-0.4, -0.2) is 13.1 Å². The third kappa shape index (κ3) is 1.56. The van der Waals surface area contributed by atoms with Crippen molar-refractivity contribution in [3.63, 3.8) is 0 Å². The van der Waals surface area contributed by atoms with Crippen LogP contribution in [0.2, 0.25) is 0 Å². The Labute approximate surface area is 64.8 Å². The number of hydrogen-bond acceptors (Lipinski definition) is 2. The largest absolute Gasteiger partial charge is 0.465 e. The second-order valence-corrected chi connectivity index (χ2v) is 2.15. The summed E-state index contributed by atoms with van der Waals surface area (Å²) >= 11 is 0. The molecule has 0 aromatic heterocycles. The molecule has 0 unspecified atom stereocenters. The maximum atomic E-state index is 11.0. The first-order valence-corrected chi connectivity index (χ1v) is 3.25. The van der Waals surface area contributed by atoms with Gasteiger partial charge in [-0.2, -0.15) is 0 Å². The number of rotatable bonds is 1. The summed E-state index contributed by atoms with van der Waals surface area (Å²) in [6.45, 7) is 0. The second-order valence-electron chi connectivity index (χ2n) is 2.15. The van der Waals surface area contributed by atoms with E-state index in [1.54, 1.807) is 18.2 Å². The van der Waals surface area contributed by atoms with Crippen LogP contribution in [0.5, 0.6) is 0 Å². The van der Waals surface area contributed by atoms with Crippen molar-refractivity contribution >= 4 is 11.7 Å². The maximum Gasteiger partial charge on any atom is 0.343 e. The minimum Gasteiger partial charge on any atom is -0.465 e. The number of hydrogen-bond donors (Lipinski definition) is 1. The number of esters is 1. The molecule has 0 aliphatic rings. The van der Waals surface area contributed by atoms with Crippen LogP contribution in [0, 0.1) is 0 Å². The molecule has 58 valence electrons. The van der Waals surface area contributed by atoms with Crippen molar-refractivity contribution in [3.8, 4) is 0 Å². The van der Waals surface area contributed by atoms with Crippen LogP contribution in [0.4, 0.5) is 5.69 Å². The monoisotopic (exact) mass is 152 g/mol. The highest BCUT2D eigenvalue weighted by Crippen LogP contribution is 2.08. The van der Waals surface area contributed by atoms with Crippen molar-refractivity contribution in [3.05, 3.63) is 29.8 Å². The Bertz CT molecular complexity index is 271. The SMILES string of the molecule is COC(=O)c1ccccc1[NH3+]. The first kappa shape index (κ1) is 7.75. The fourth-order valence-electron chi connectivity index (χ4n) is 0.829. The van der Waals surface area contributed by atoms with E-state index in [4.69, 9.17) is 0 Å². The van der Waals surface area contributed by atoms with Gasteiger partial charge in [0.05, 0.1) is 7.11 Å². The topological polar surface area (TPSA) is 53.9 Å². The fourth-order valence-corrected chi connectivity index (χ4v) is 0.829. The van der Waals surface area contributed by atoms with E-state index < -0.39 is 0 Å².